The zero-order valence-electron chi connectivity index (χ0n) is 10.9. The van der Waals surface area contributed by atoms with Crippen LogP contribution in [0.3, 0.4) is 0 Å². The second-order valence-electron chi connectivity index (χ2n) is 4.12. The molecule has 1 heterocycles. The predicted molar refractivity (Wildman–Crippen MR) is 77.1 cm³/mol. The Morgan fingerprint density at radius 1 is 1.37 bits per heavy atom. The third kappa shape index (κ3) is 5.00. The summed E-state index contributed by atoms with van der Waals surface area (Å²) in [4.78, 5) is 3.75. The van der Waals surface area contributed by atoms with Gasteiger partial charge < -0.3 is 5.11 Å². The first-order valence-corrected chi connectivity index (χ1v) is 8.88. The Bertz CT molecular complexity index is 476. The molecule has 0 saturated heterocycles. The maximum Gasteiger partial charge on any atom is 0.254 e. The van der Waals surface area contributed by atoms with E-state index >= 15 is 0 Å². The molecule has 0 aliphatic heterocycles. The van der Waals surface area contributed by atoms with Crippen LogP contribution in [0, 0.1) is 0 Å². The Hall–Kier alpha value is -0.210. The fourth-order valence-electron chi connectivity index (χ4n) is 1.66. The summed E-state index contributed by atoms with van der Waals surface area (Å²) in [6.07, 6.45) is 5.21. The summed E-state index contributed by atoms with van der Waals surface area (Å²) in [6.45, 7) is 2.42. The molecule has 110 valence electrons. The monoisotopic (exact) mass is 326 g/mol. The van der Waals surface area contributed by atoms with Crippen molar-refractivity contribution in [2.75, 3.05) is 19.7 Å². The number of rotatable bonds is 9. The van der Waals surface area contributed by atoms with Crippen molar-refractivity contribution in [1.29, 1.82) is 0 Å². The van der Waals surface area contributed by atoms with E-state index in [1.165, 1.54) is 10.5 Å². The topological polar surface area (TPSA) is 70.5 Å². The zero-order valence-corrected chi connectivity index (χ0v) is 13.3. The lowest BCUT2D eigenvalue weighted by Gasteiger charge is -2.19. The third-order valence-electron chi connectivity index (χ3n) is 2.66. The van der Waals surface area contributed by atoms with Crippen molar-refractivity contribution in [3.05, 3.63) is 10.7 Å². The zero-order chi connectivity index (χ0) is 14.3. The van der Waals surface area contributed by atoms with Crippen molar-refractivity contribution in [1.82, 2.24) is 9.29 Å². The van der Waals surface area contributed by atoms with Gasteiger partial charge in [-0.3, -0.25) is 0 Å². The fourth-order valence-corrected chi connectivity index (χ4v) is 4.58. The van der Waals surface area contributed by atoms with E-state index in [0.29, 0.717) is 6.54 Å². The standard InChI is InChI=1S/C11H19ClN2O3S2/c1-2-3-4-5-6-14(7-8-15)19(16,17)10-9-13-11(12)18-10/h9,15H,2-8H2,1H3. The first kappa shape index (κ1) is 16.8. The molecule has 0 unspecified atom stereocenters. The van der Waals surface area contributed by atoms with Crippen LogP contribution in [0.25, 0.3) is 0 Å². The van der Waals surface area contributed by atoms with E-state index in [1.807, 2.05) is 0 Å². The summed E-state index contributed by atoms with van der Waals surface area (Å²) in [7, 11) is -3.58. The molecule has 19 heavy (non-hydrogen) atoms. The average Bonchev–Trinajstić information content (AvgIpc) is 2.80. The van der Waals surface area contributed by atoms with Gasteiger partial charge in [-0.2, -0.15) is 4.31 Å². The maximum absolute atomic E-state index is 12.3. The second kappa shape index (κ2) is 8.16. The molecule has 1 aromatic heterocycles. The van der Waals surface area contributed by atoms with E-state index in [1.54, 1.807) is 0 Å². The van der Waals surface area contributed by atoms with Crippen molar-refractivity contribution in [2.45, 2.75) is 36.8 Å². The van der Waals surface area contributed by atoms with E-state index in [0.717, 1.165) is 37.0 Å². The van der Waals surface area contributed by atoms with E-state index in [-0.39, 0.29) is 21.8 Å². The minimum Gasteiger partial charge on any atom is -0.395 e. The highest BCUT2D eigenvalue weighted by molar-refractivity contribution is 7.91. The Morgan fingerprint density at radius 2 is 2.11 bits per heavy atom. The lowest BCUT2D eigenvalue weighted by atomic mass is 10.2. The number of unbranched alkanes of at least 4 members (excludes halogenated alkanes) is 3. The summed E-state index contributed by atoms with van der Waals surface area (Å²) in [6, 6.07) is 0. The van der Waals surface area contributed by atoms with Gasteiger partial charge in [-0.15, -0.1) is 0 Å². The number of aromatic nitrogens is 1. The molecule has 1 rings (SSSR count). The van der Waals surface area contributed by atoms with Gasteiger partial charge in [-0.25, -0.2) is 13.4 Å². The Balaban J connectivity index is 2.73. The summed E-state index contributed by atoms with van der Waals surface area (Å²) in [5.74, 6) is 0. The van der Waals surface area contributed by atoms with Gasteiger partial charge in [0.05, 0.1) is 12.8 Å². The van der Waals surface area contributed by atoms with Gasteiger partial charge in [0.15, 0.2) is 8.68 Å². The highest BCUT2D eigenvalue weighted by Gasteiger charge is 2.25. The van der Waals surface area contributed by atoms with Crippen LogP contribution in [0.1, 0.15) is 32.6 Å². The van der Waals surface area contributed by atoms with Crippen molar-refractivity contribution >= 4 is 33.0 Å². The summed E-state index contributed by atoms with van der Waals surface area (Å²) in [5, 5.41) is 9.01. The SMILES string of the molecule is CCCCCCN(CCO)S(=O)(=O)c1cnc(Cl)s1. The Kier molecular flexibility index (Phi) is 7.23. The molecule has 0 spiro atoms. The molecule has 0 aliphatic carbocycles. The number of halogens is 1. The molecule has 0 aliphatic rings. The third-order valence-corrected chi connectivity index (χ3v) is 6.11. The average molecular weight is 327 g/mol. The van der Waals surface area contributed by atoms with E-state index in [4.69, 9.17) is 16.7 Å². The van der Waals surface area contributed by atoms with Gasteiger partial charge in [-0.1, -0.05) is 49.1 Å². The minimum absolute atomic E-state index is 0.101. The van der Waals surface area contributed by atoms with Crippen molar-refractivity contribution < 1.29 is 13.5 Å². The van der Waals surface area contributed by atoms with E-state index < -0.39 is 10.0 Å². The van der Waals surface area contributed by atoms with Gasteiger partial charge in [0.1, 0.15) is 0 Å². The van der Waals surface area contributed by atoms with Crippen LogP contribution in [-0.4, -0.2) is 42.5 Å². The first-order chi connectivity index (χ1) is 9.02. The normalized spacial score (nSPS) is 12.2. The summed E-state index contributed by atoms with van der Waals surface area (Å²) >= 11 is 6.60. The van der Waals surface area contributed by atoms with Crippen molar-refractivity contribution in [3.63, 3.8) is 0 Å². The van der Waals surface area contributed by atoms with Crippen LogP contribution in [0.4, 0.5) is 0 Å². The quantitative estimate of drug-likeness (QED) is 0.707. The summed E-state index contributed by atoms with van der Waals surface area (Å²) < 4.78 is 26.3. The maximum atomic E-state index is 12.3. The molecule has 0 amide bonds. The van der Waals surface area contributed by atoms with Crippen LogP contribution in [-0.2, 0) is 10.0 Å². The molecule has 1 aromatic rings. The molecule has 0 bridgehead atoms. The van der Waals surface area contributed by atoms with Crippen molar-refractivity contribution in [3.8, 4) is 0 Å². The minimum atomic E-state index is -3.58. The van der Waals surface area contributed by atoms with E-state index in [2.05, 4.69) is 11.9 Å². The number of nitrogens with zero attached hydrogens (tertiary/aromatic N) is 2. The largest absolute Gasteiger partial charge is 0.395 e. The lowest BCUT2D eigenvalue weighted by molar-refractivity contribution is 0.252. The number of thiazole rings is 1. The number of hydrogen-bond acceptors (Lipinski definition) is 5. The van der Waals surface area contributed by atoms with Crippen LogP contribution in [0.15, 0.2) is 10.4 Å². The van der Waals surface area contributed by atoms with Crippen LogP contribution in [0.2, 0.25) is 4.47 Å². The van der Waals surface area contributed by atoms with Gasteiger partial charge in [0.2, 0.25) is 0 Å². The summed E-state index contributed by atoms with van der Waals surface area (Å²) in [5.41, 5.74) is 0. The Morgan fingerprint density at radius 3 is 2.63 bits per heavy atom. The molecule has 1 N–H and O–H groups in total. The smallest absolute Gasteiger partial charge is 0.254 e. The van der Waals surface area contributed by atoms with Crippen LogP contribution >= 0.6 is 22.9 Å². The number of sulfonamides is 1. The van der Waals surface area contributed by atoms with Gasteiger partial charge in [0.25, 0.3) is 10.0 Å². The number of aliphatic hydroxyl groups excluding tert-OH is 1. The van der Waals surface area contributed by atoms with Crippen molar-refractivity contribution in [2.24, 2.45) is 0 Å². The molecule has 5 nitrogen and oxygen atoms in total. The molecule has 8 heteroatoms. The second-order valence-corrected chi connectivity index (χ2v) is 7.90. The highest BCUT2D eigenvalue weighted by Crippen LogP contribution is 2.25. The lowest BCUT2D eigenvalue weighted by Crippen LogP contribution is -2.34. The van der Waals surface area contributed by atoms with Gasteiger partial charge in [0, 0.05) is 13.1 Å². The van der Waals surface area contributed by atoms with Gasteiger partial charge >= 0.3 is 0 Å². The fraction of sp³-hybridized carbons (Fsp3) is 0.727. The van der Waals surface area contributed by atoms with Gasteiger partial charge in [-0.05, 0) is 6.42 Å². The Labute approximate surface area is 123 Å². The first-order valence-electron chi connectivity index (χ1n) is 6.24. The molecule has 0 atom stereocenters. The van der Waals surface area contributed by atoms with Crippen LogP contribution < -0.4 is 0 Å². The van der Waals surface area contributed by atoms with E-state index in [9.17, 15) is 8.42 Å². The highest BCUT2D eigenvalue weighted by atomic mass is 35.5. The molecular weight excluding hydrogens is 308 g/mol. The molecule has 0 saturated carbocycles. The molecule has 0 radical (unpaired) electrons. The molecular formula is C11H19ClN2O3S2. The number of hydrogen-bond donors (Lipinski definition) is 1. The molecule has 0 aromatic carbocycles. The van der Waals surface area contributed by atoms with Crippen LogP contribution in [0.5, 0.6) is 0 Å². The number of aliphatic hydroxyl groups is 1. The molecule has 0 fully saturated rings. The predicted octanol–water partition coefficient (Wildman–Crippen LogP) is 2.36.